The van der Waals surface area contributed by atoms with E-state index in [1.54, 1.807) is 12.1 Å². The molecule has 1 saturated heterocycles. The molecule has 1 aliphatic heterocycles. The van der Waals surface area contributed by atoms with Gasteiger partial charge in [-0.2, -0.15) is 0 Å². The number of likely N-dealkylation sites (tertiary alicyclic amines) is 1. The van der Waals surface area contributed by atoms with Gasteiger partial charge in [0.15, 0.2) is 0 Å². The second-order valence-corrected chi connectivity index (χ2v) is 7.72. The summed E-state index contributed by atoms with van der Waals surface area (Å²) in [4.78, 5) is 38.6. The molecular formula is C20H25N3O3. The van der Waals surface area contributed by atoms with Crippen molar-refractivity contribution in [1.82, 2.24) is 4.90 Å². The van der Waals surface area contributed by atoms with E-state index in [4.69, 9.17) is 0 Å². The second kappa shape index (κ2) is 7.09. The van der Waals surface area contributed by atoms with Crippen molar-refractivity contribution in [1.29, 1.82) is 0 Å². The maximum Gasteiger partial charge on any atom is 0.229 e. The number of carbonyl (C=O) groups excluding carboxylic acids is 3. The Morgan fingerprint density at radius 3 is 2.15 bits per heavy atom. The zero-order chi connectivity index (χ0) is 18.1. The third-order valence-electron chi connectivity index (χ3n) is 5.64. The van der Waals surface area contributed by atoms with Crippen molar-refractivity contribution >= 4 is 29.1 Å². The van der Waals surface area contributed by atoms with Crippen LogP contribution in [0.25, 0.3) is 0 Å². The maximum atomic E-state index is 12.6. The van der Waals surface area contributed by atoms with Crippen LogP contribution in [0.15, 0.2) is 24.3 Å². The Morgan fingerprint density at radius 1 is 0.923 bits per heavy atom. The fourth-order valence-electron chi connectivity index (χ4n) is 3.98. The van der Waals surface area contributed by atoms with Crippen molar-refractivity contribution in [3.8, 4) is 0 Å². The molecule has 1 unspecified atom stereocenters. The lowest BCUT2D eigenvalue weighted by Crippen LogP contribution is -2.35. The highest BCUT2D eigenvalue weighted by molar-refractivity contribution is 5.98. The van der Waals surface area contributed by atoms with Gasteiger partial charge in [0.05, 0.1) is 5.92 Å². The Kier molecular flexibility index (Phi) is 4.66. The maximum absolute atomic E-state index is 12.6. The Bertz CT molecular complexity index is 723. The Labute approximate surface area is 153 Å². The van der Waals surface area contributed by atoms with Crippen LogP contribution in [0.3, 0.4) is 0 Å². The highest BCUT2D eigenvalue weighted by Crippen LogP contribution is 2.31. The highest BCUT2D eigenvalue weighted by atomic mass is 16.2. The van der Waals surface area contributed by atoms with Crippen LogP contribution in [0, 0.1) is 11.8 Å². The van der Waals surface area contributed by atoms with Gasteiger partial charge in [-0.25, -0.2) is 0 Å². The summed E-state index contributed by atoms with van der Waals surface area (Å²) in [6, 6.07) is 7.51. The van der Waals surface area contributed by atoms with E-state index in [9.17, 15) is 14.4 Å². The molecular weight excluding hydrogens is 330 g/mol. The van der Waals surface area contributed by atoms with E-state index < -0.39 is 0 Å². The van der Waals surface area contributed by atoms with Crippen molar-refractivity contribution in [3.05, 3.63) is 24.3 Å². The number of carbonyl (C=O) groups is 3. The van der Waals surface area contributed by atoms with Crippen LogP contribution in [0.2, 0.25) is 0 Å². The smallest absolute Gasteiger partial charge is 0.229 e. The number of hydrogen-bond acceptors (Lipinski definition) is 3. The van der Waals surface area contributed by atoms with Crippen LogP contribution in [0.5, 0.6) is 0 Å². The summed E-state index contributed by atoms with van der Waals surface area (Å²) in [7, 11) is 0. The fraction of sp³-hybridized carbons (Fsp3) is 0.550. The van der Waals surface area contributed by atoms with E-state index in [1.807, 2.05) is 17.0 Å². The fourth-order valence-corrected chi connectivity index (χ4v) is 3.98. The van der Waals surface area contributed by atoms with Gasteiger partial charge in [0.2, 0.25) is 17.7 Å². The van der Waals surface area contributed by atoms with Gasteiger partial charge >= 0.3 is 0 Å². The van der Waals surface area contributed by atoms with Crippen molar-refractivity contribution in [3.63, 3.8) is 0 Å². The summed E-state index contributed by atoms with van der Waals surface area (Å²) >= 11 is 0. The highest BCUT2D eigenvalue weighted by Gasteiger charge is 2.38. The minimum absolute atomic E-state index is 0.0436. The molecule has 2 saturated carbocycles. The lowest BCUT2D eigenvalue weighted by atomic mass is 10.1. The molecule has 1 atom stereocenters. The number of nitrogens with zero attached hydrogens (tertiary/aromatic N) is 1. The van der Waals surface area contributed by atoms with Crippen molar-refractivity contribution in [2.45, 2.75) is 51.0 Å². The van der Waals surface area contributed by atoms with Crippen molar-refractivity contribution < 1.29 is 14.4 Å². The van der Waals surface area contributed by atoms with Gasteiger partial charge in [-0.1, -0.05) is 18.9 Å². The summed E-state index contributed by atoms with van der Waals surface area (Å²) in [6.07, 6.45) is 6.66. The van der Waals surface area contributed by atoms with Crippen LogP contribution in [-0.4, -0.2) is 35.2 Å². The van der Waals surface area contributed by atoms with E-state index in [1.165, 1.54) is 12.8 Å². The molecule has 1 heterocycles. The van der Waals surface area contributed by atoms with E-state index in [2.05, 4.69) is 10.6 Å². The molecule has 6 heteroatoms. The van der Waals surface area contributed by atoms with E-state index in [0.717, 1.165) is 25.7 Å². The summed E-state index contributed by atoms with van der Waals surface area (Å²) in [6.45, 7) is 0.521. The molecule has 0 radical (unpaired) electrons. The van der Waals surface area contributed by atoms with Crippen molar-refractivity contribution in [2.75, 3.05) is 17.2 Å². The topological polar surface area (TPSA) is 78.5 Å². The van der Waals surface area contributed by atoms with Crippen LogP contribution < -0.4 is 10.6 Å². The third-order valence-corrected chi connectivity index (χ3v) is 5.64. The average Bonchev–Trinajstić information content (AvgIpc) is 3.19. The summed E-state index contributed by atoms with van der Waals surface area (Å²) in [5, 5.41) is 5.79. The largest absolute Gasteiger partial charge is 0.339 e. The predicted octanol–water partition coefficient (Wildman–Crippen LogP) is 2.76. The molecule has 2 N–H and O–H groups in total. The van der Waals surface area contributed by atoms with Crippen LogP contribution in [0.4, 0.5) is 11.4 Å². The number of rotatable bonds is 5. The Hall–Kier alpha value is -2.37. The van der Waals surface area contributed by atoms with Crippen LogP contribution >= 0.6 is 0 Å². The zero-order valence-electron chi connectivity index (χ0n) is 14.9. The van der Waals surface area contributed by atoms with Gasteiger partial charge in [-0.15, -0.1) is 0 Å². The molecule has 0 aromatic heterocycles. The van der Waals surface area contributed by atoms with Gasteiger partial charge in [0.25, 0.3) is 0 Å². The molecule has 1 aromatic carbocycles. The van der Waals surface area contributed by atoms with Gasteiger partial charge in [0.1, 0.15) is 0 Å². The predicted molar refractivity (Wildman–Crippen MR) is 98.5 cm³/mol. The molecule has 3 aliphatic rings. The second-order valence-electron chi connectivity index (χ2n) is 7.72. The van der Waals surface area contributed by atoms with E-state index in [0.29, 0.717) is 30.4 Å². The normalized spacial score (nSPS) is 23.3. The molecule has 2 aliphatic carbocycles. The third kappa shape index (κ3) is 3.74. The summed E-state index contributed by atoms with van der Waals surface area (Å²) in [5.74, 6) is -0.138. The van der Waals surface area contributed by atoms with E-state index in [-0.39, 0.29) is 29.6 Å². The molecule has 3 amide bonds. The number of hydrogen-bond donors (Lipinski definition) is 2. The first-order valence-electron chi connectivity index (χ1n) is 9.61. The van der Waals surface area contributed by atoms with E-state index >= 15 is 0 Å². The molecule has 138 valence electrons. The first kappa shape index (κ1) is 17.1. The average molecular weight is 355 g/mol. The number of benzene rings is 1. The van der Waals surface area contributed by atoms with Gasteiger partial charge in [-0.3, -0.25) is 14.4 Å². The molecule has 1 aromatic rings. The first-order chi connectivity index (χ1) is 12.6. The monoisotopic (exact) mass is 355 g/mol. The molecule has 0 bridgehead atoms. The lowest BCUT2D eigenvalue weighted by Gasteiger charge is -2.23. The minimum Gasteiger partial charge on any atom is -0.339 e. The zero-order valence-corrected chi connectivity index (χ0v) is 14.9. The Morgan fingerprint density at radius 2 is 1.54 bits per heavy atom. The molecule has 26 heavy (non-hydrogen) atoms. The van der Waals surface area contributed by atoms with Gasteiger partial charge in [0, 0.05) is 36.3 Å². The lowest BCUT2D eigenvalue weighted by molar-refractivity contribution is -0.130. The van der Waals surface area contributed by atoms with Gasteiger partial charge in [-0.05, 0) is 43.9 Å². The molecule has 6 nitrogen and oxygen atoms in total. The number of anilines is 2. The number of amides is 3. The van der Waals surface area contributed by atoms with Crippen molar-refractivity contribution in [2.24, 2.45) is 11.8 Å². The quantitative estimate of drug-likeness (QED) is 0.852. The molecule has 0 spiro atoms. The van der Waals surface area contributed by atoms with Gasteiger partial charge < -0.3 is 15.5 Å². The summed E-state index contributed by atoms with van der Waals surface area (Å²) in [5.41, 5.74) is 1.34. The van der Waals surface area contributed by atoms with Crippen LogP contribution in [0.1, 0.15) is 44.9 Å². The first-order valence-corrected chi connectivity index (χ1v) is 9.61. The number of nitrogens with one attached hydrogen (secondary N) is 2. The standard InChI is InChI=1S/C20H25N3O3/c24-18-10-14(12-23(18)17-6-1-2-7-17)20(26)22-16-5-3-4-15(11-16)21-19(25)13-8-9-13/h3-5,11,13-14,17H,1-2,6-10,12H2,(H,21,25)(H,22,26). The summed E-state index contributed by atoms with van der Waals surface area (Å²) < 4.78 is 0. The van der Waals surface area contributed by atoms with Crippen LogP contribution in [-0.2, 0) is 14.4 Å². The Balaban J connectivity index is 1.35. The molecule has 3 fully saturated rings. The SMILES string of the molecule is O=C(Nc1cccc(NC(=O)C2CC(=O)N(C3CCCC3)C2)c1)C1CC1. The molecule has 4 rings (SSSR count). The minimum atomic E-state index is -0.298.